The molecule has 1 saturated heterocycles. The molecule has 9 heteroatoms. The van der Waals surface area contributed by atoms with Crippen LogP contribution >= 0.6 is 0 Å². The Hall–Kier alpha value is -1.68. The van der Waals surface area contributed by atoms with Crippen LogP contribution in [0, 0.1) is 0 Å². The van der Waals surface area contributed by atoms with Crippen LogP contribution in [0.3, 0.4) is 0 Å². The summed E-state index contributed by atoms with van der Waals surface area (Å²) in [6.07, 6.45) is 0.333. The van der Waals surface area contributed by atoms with Gasteiger partial charge in [0.1, 0.15) is 17.0 Å². The maximum absolute atomic E-state index is 12.3. The van der Waals surface area contributed by atoms with Gasteiger partial charge in [-0.1, -0.05) is 0 Å². The molecule has 7 nitrogen and oxygen atoms in total. The molecule has 134 valence electrons. The molecule has 1 aromatic carbocycles. The van der Waals surface area contributed by atoms with E-state index < -0.39 is 12.2 Å². The van der Waals surface area contributed by atoms with Gasteiger partial charge in [0.05, 0.1) is 25.5 Å². The Bertz CT molecular complexity index is 595. The molecule has 3 rings (SSSR count). The largest absolute Gasteiger partial charge is 0.484 e. The summed E-state index contributed by atoms with van der Waals surface area (Å²) in [4.78, 5) is 1.95. The van der Waals surface area contributed by atoms with Crippen molar-refractivity contribution in [1.29, 1.82) is 0 Å². The number of fused-ring (bicyclic) bond motifs is 1. The molecule has 0 spiro atoms. The fraction of sp³-hybridized carbons (Fsp3) is 0.600. The third kappa shape index (κ3) is 3.54. The summed E-state index contributed by atoms with van der Waals surface area (Å²) in [5.41, 5.74) is 0.574. The maximum atomic E-state index is 12.3. The first-order valence-electron chi connectivity index (χ1n) is 7.64. The minimum Gasteiger partial charge on any atom is -0.484 e. The van der Waals surface area contributed by atoms with E-state index in [1.54, 1.807) is 19.1 Å². The first-order valence-corrected chi connectivity index (χ1v) is 7.64. The predicted molar refractivity (Wildman–Crippen MR) is 80.2 cm³/mol. The van der Waals surface area contributed by atoms with Crippen molar-refractivity contribution in [2.75, 3.05) is 43.0 Å². The van der Waals surface area contributed by atoms with Gasteiger partial charge in [-0.15, -0.1) is 5.23 Å². The molecule has 0 aromatic heterocycles. The summed E-state index contributed by atoms with van der Waals surface area (Å²) >= 11 is 0. The van der Waals surface area contributed by atoms with Gasteiger partial charge < -0.3 is 19.1 Å². The molecule has 2 N–H and O–H groups in total. The van der Waals surface area contributed by atoms with E-state index >= 15 is 0 Å². The summed E-state index contributed by atoms with van der Waals surface area (Å²) in [5, 5.41) is 19.1. The average Bonchev–Trinajstić information content (AvgIpc) is 2.88. The SMILES string of the molecule is CC1(COC(F)F)Cc2cc(N(O)O)c(N3CCOCC3)cc2O1. The maximum Gasteiger partial charge on any atom is 0.345 e. The van der Waals surface area contributed by atoms with E-state index in [9.17, 15) is 19.2 Å². The van der Waals surface area contributed by atoms with Gasteiger partial charge in [0.2, 0.25) is 0 Å². The Balaban J connectivity index is 1.87. The molecule has 0 saturated carbocycles. The third-order valence-corrected chi connectivity index (χ3v) is 4.16. The Morgan fingerprint density at radius 2 is 2.04 bits per heavy atom. The van der Waals surface area contributed by atoms with E-state index in [4.69, 9.17) is 9.47 Å². The lowest BCUT2D eigenvalue weighted by molar-refractivity contribution is -0.158. The van der Waals surface area contributed by atoms with Crippen molar-refractivity contribution in [3.63, 3.8) is 0 Å². The Labute approximate surface area is 137 Å². The number of nitrogens with zero attached hydrogens (tertiary/aromatic N) is 2. The first kappa shape index (κ1) is 17.2. The van der Waals surface area contributed by atoms with Gasteiger partial charge in [-0.2, -0.15) is 8.78 Å². The highest BCUT2D eigenvalue weighted by molar-refractivity contribution is 5.74. The second kappa shape index (κ2) is 6.67. The van der Waals surface area contributed by atoms with Crippen LogP contribution in [0.5, 0.6) is 5.75 Å². The normalized spacial score (nSPS) is 23.3. The molecule has 1 fully saturated rings. The van der Waals surface area contributed by atoms with Crippen LogP contribution < -0.4 is 14.9 Å². The molecule has 0 amide bonds. The van der Waals surface area contributed by atoms with Gasteiger partial charge >= 0.3 is 6.61 Å². The van der Waals surface area contributed by atoms with Crippen molar-refractivity contribution in [3.05, 3.63) is 17.7 Å². The molecule has 1 unspecified atom stereocenters. The van der Waals surface area contributed by atoms with E-state index in [1.165, 1.54) is 0 Å². The van der Waals surface area contributed by atoms with Crippen LogP contribution in [-0.4, -0.2) is 55.5 Å². The number of benzene rings is 1. The zero-order chi connectivity index (χ0) is 17.3. The van der Waals surface area contributed by atoms with Crippen LogP contribution in [-0.2, 0) is 15.9 Å². The highest BCUT2D eigenvalue weighted by Gasteiger charge is 2.37. The van der Waals surface area contributed by atoms with E-state index in [2.05, 4.69) is 4.74 Å². The average molecular weight is 346 g/mol. The van der Waals surface area contributed by atoms with E-state index in [0.717, 1.165) is 0 Å². The van der Waals surface area contributed by atoms with Crippen molar-refractivity contribution in [2.45, 2.75) is 25.6 Å². The first-order chi connectivity index (χ1) is 11.4. The van der Waals surface area contributed by atoms with Crippen molar-refractivity contribution in [2.24, 2.45) is 0 Å². The van der Waals surface area contributed by atoms with Gasteiger partial charge in [-0.3, -0.25) is 10.4 Å². The number of morpholine rings is 1. The summed E-state index contributed by atoms with van der Waals surface area (Å²) in [6.45, 7) is 0.834. The lowest BCUT2D eigenvalue weighted by Gasteiger charge is -2.31. The molecule has 2 aliphatic heterocycles. The van der Waals surface area contributed by atoms with Gasteiger partial charge in [0, 0.05) is 31.1 Å². The summed E-state index contributed by atoms with van der Waals surface area (Å²) in [5.74, 6) is 0.530. The van der Waals surface area contributed by atoms with Crippen molar-refractivity contribution < 1.29 is 33.4 Å². The standard InChI is InChI=1S/C15H20F2N2O5/c1-15(9-23-14(16)17)8-10-6-12(19(20)21)11(7-13(10)24-15)18-2-4-22-5-3-18/h6-7,14,20-21H,2-5,8-9H2,1H3. The molecule has 2 heterocycles. The quantitative estimate of drug-likeness (QED) is 0.790. The zero-order valence-corrected chi connectivity index (χ0v) is 13.2. The third-order valence-electron chi connectivity index (χ3n) is 4.16. The van der Waals surface area contributed by atoms with Crippen molar-refractivity contribution in [3.8, 4) is 5.75 Å². The van der Waals surface area contributed by atoms with Crippen LogP contribution in [0.4, 0.5) is 20.2 Å². The summed E-state index contributed by atoms with van der Waals surface area (Å²) < 4.78 is 40.1. The lowest BCUT2D eigenvalue weighted by atomic mass is 9.99. The highest BCUT2D eigenvalue weighted by atomic mass is 19.3. The fourth-order valence-electron chi connectivity index (χ4n) is 3.08. The monoisotopic (exact) mass is 346 g/mol. The molecule has 0 radical (unpaired) electrons. The van der Waals surface area contributed by atoms with Crippen LogP contribution in [0.2, 0.25) is 0 Å². The molecular formula is C15H20F2N2O5. The number of hydrogen-bond donors (Lipinski definition) is 2. The van der Waals surface area contributed by atoms with Crippen molar-refractivity contribution in [1.82, 2.24) is 0 Å². The van der Waals surface area contributed by atoms with Gasteiger partial charge in [-0.25, -0.2) is 0 Å². The number of halogens is 2. The highest BCUT2D eigenvalue weighted by Crippen LogP contribution is 2.42. The molecule has 24 heavy (non-hydrogen) atoms. The van der Waals surface area contributed by atoms with E-state index in [0.29, 0.717) is 49.7 Å². The smallest absolute Gasteiger partial charge is 0.345 e. The summed E-state index contributed by atoms with van der Waals surface area (Å²) in [6, 6.07) is 3.29. The number of alkyl halides is 2. The second-order valence-corrected chi connectivity index (χ2v) is 6.14. The number of ether oxygens (including phenoxy) is 3. The Morgan fingerprint density at radius 1 is 1.33 bits per heavy atom. The fourth-order valence-corrected chi connectivity index (χ4v) is 3.08. The second-order valence-electron chi connectivity index (χ2n) is 6.14. The molecule has 1 atom stereocenters. The summed E-state index contributed by atoms with van der Waals surface area (Å²) in [7, 11) is 0. The van der Waals surface area contributed by atoms with E-state index in [1.807, 2.05) is 4.90 Å². The predicted octanol–water partition coefficient (Wildman–Crippen LogP) is 2.04. The molecule has 0 bridgehead atoms. The van der Waals surface area contributed by atoms with Crippen LogP contribution in [0.1, 0.15) is 12.5 Å². The Kier molecular flexibility index (Phi) is 4.77. The van der Waals surface area contributed by atoms with Crippen LogP contribution in [0.15, 0.2) is 12.1 Å². The van der Waals surface area contributed by atoms with Gasteiger partial charge in [0.25, 0.3) is 0 Å². The zero-order valence-electron chi connectivity index (χ0n) is 13.2. The molecule has 2 aliphatic rings. The number of hydrogen-bond acceptors (Lipinski definition) is 7. The van der Waals surface area contributed by atoms with E-state index in [-0.39, 0.29) is 17.5 Å². The van der Waals surface area contributed by atoms with Crippen molar-refractivity contribution >= 4 is 11.4 Å². The number of rotatable bonds is 5. The minimum atomic E-state index is -2.86. The topological polar surface area (TPSA) is 74.6 Å². The number of anilines is 2. The lowest BCUT2D eigenvalue weighted by Crippen LogP contribution is -2.37. The molecule has 0 aliphatic carbocycles. The van der Waals surface area contributed by atoms with Crippen LogP contribution in [0.25, 0.3) is 0 Å². The molecule has 1 aromatic rings. The van der Waals surface area contributed by atoms with Gasteiger partial charge in [-0.05, 0) is 13.0 Å². The minimum absolute atomic E-state index is 0.0659. The molecular weight excluding hydrogens is 326 g/mol. The Morgan fingerprint density at radius 3 is 2.67 bits per heavy atom. The van der Waals surface area contributed by atoms with Gasteiger partial charge in [0.15, 0.2) is 0 Å².